The maximum Gasteiger partial charge on any atom is 0.336 e. The molecule has 3 heterocycles. The zero-order valence-electron chi connectivity index (χ0n) is 15.6. The van der Waals surface area contributed by atoms with Crippen LogP contribution in [0.1, 0.15) is 4.88 Å². The minimum absolute atomic E-state index is 0.00911. The van der Waals surface area contributed by atoms with Crippen LogP contribution in [-0.4, -0.2) is 25.2 Å². The molecular weight excluding hydrogens is 424 g/mol. The van der Waals surface area contributed by atoms with Crippen molar-refractivity contribution in [2.24, 2.45) is 0 Å². The molecule has 0 fully saturated rings. The Balaban J connectivity index is 1.44. The molecule has 0 N–H and O–H groups in total. The number of hydrogen-bond acceptors (Lipinski definition) is 8. The lowest BCUT2D eigenvalue weighted by atomic mass is 10.2. The largest absolute Gasteiger partial charge is 0.423 e. The van der Waals surface area contributed by atoms with Gasteiger partial charge in [-0.1, -0.05) is 11.3 Å². The molecule has 0 radical (unpaired) electrons. The van der Waals surface area contributed by atoms with E-state index >= 15 is 0 Å². The number of imidazole rings is 1. The predicted molar refractivity (Wildman–Crippen MR) is 113 cm³/mol. The van der Waals surface area contributed by atoms with E-state index in [2.05, 4.69) is 4.98 Å². The number of esters is 1. The van der Waals surface area contributed by atoms with E-state index in [9.17, 15) is 25.0 Å². The van der Waals surface area contributed by atoms with Crippen molar-refractivity contribution in [1.29, 1.82) is 0 Å². The number of carbonyl (C=O) groups is 1. The van der Waals surface area contributed by atoms with Crippen LogP contribution in [-0.2, 0) is 4.79 Å². The Kier molecular flexibility index (Phi) is 5.24. The second-order valence-corrected chi connectivity index (χ2v) is 7.34. The summed E-state index contributed by atoms with van der Waals surface area (Å²) in [5.41, 5.74) is 1.88. The number of fused-ring (bicyclic) bond motifs is 1. The highest BCUT2D eigenvalue weighted by Gasteiger charge is 2.11. The molecule has 0 bridgehead atoms. The predicted octanol–water partition coefficient (Wildman–Crippen LogP) is 4.50. The van der Waals surface area contributed by atoms with Crippen LogP contribution in [0.3, 0.4) is 0 Å². The summed E-state index contributed by atoms with van der Waals surface area (Å²) in [5.74, 6) is -0.307. The topological polar surface area (TPSA) is 130 Å². The first kappa shape index (κ1) is 19.9. The number of benzene rings is 1. The Hall–Kier alpha value is -4.38. The maximum absolute atomic E-state index is 12.0. The molecule has 4 rings (SSSR count). The number of thiophene rings is 1. The van der Waals surface area contributed by atoms with Crippen LogP contribution in [0.4, 0.5) is 10.7 Å². The van der Waals surface area contributed by atoms with Crippen molar-refractivity contribution in [2.75, 3.05) is 0 Å². The minimum Gasteiger partial charge on any atom is -0.423 e. The van der Waals surface area contributed by atoms with Crippen LogP contribution in [0.2, 0.25) is 0 Å². The van der Waals surface area contributed by atoms with Gasteiger partial charge in [0.15, 0.2) is 0 Å². The number of hydrogen-bond donors (Lipinski definition) is 0. The van der Waals surface area contributed by atoms with Crippen LogP contribution < -0.4 is 4.74 Å². The SMILES string of the molecule is O=C(/C=C/c1ccc([N+](=O)[O-])s1)Oc1ccc(-c2cn3cc([N+](=O)[O-])ccc3n2)cc1. The van der Waals surface area contributed by atoms with Crippen LogP contribution in [0.15, 0.2) is 67.0 Å². The van der Waals surface area contributed by atoms with E-state index in [-0.39, 0.29) is 10.7 Å². The van der Waals surface area contributed by atoms with E-state index in [0.717, 1.165) is 16.9 Å². The number of carbonyl (C=O) groups excluding carboxylic acids is 1. The molecule has 0 saturated heterocycles. The summed E-state index contributed by atoms with van der Waals surface area (Å²) < 4.78 is 6.80. The summed E-state index contributed by atoms with van der Waals surface area (Å²) in [6.45, 7) is 0. The molecule has 0 unspecified atom stereocenters. The Labute approximate surface area is 178 Å². The van der Waals surface area contributed by atoms with E-state index in [1.54, 1.807) is 47.0 Å². The van der Waals surface area contributed by atoms with Gasteiger partial charge in [0.2, 0.25) is 0 Å². The third-order valence-corrected chi connectivity index (χ3v) is 5.19. The monoisotopic (exact) mass is 436 g/mol. The summed E-state index contributed by atoms with van der Waals surface area (Å²) in [6, 6.07) is 12.5. The van der Waals surface area contributed by atoms with E-state index in [4.69, 9.17) is 4.74 Å². The first-order valence-electron chi connectivity index (χ1n) is 8.77. The van der Waals surface area contributed by atoms with Crippen molar-refractivity contribution in [1.82, 2.24) is 9.38 Å². The normalized spacial score (nSPS) is 11.1. The molecule has 0 saturated carbocycles. The van der Waals surface area contributed by atoms with Gasteiger partial charge < -0.3 is 4.74 Å². The Morgan fingerprint density at radius 1 is 1.00 bits per heavy atom. The zero-order chi connectivity index (χ0) is 22.0. The standard InChI is InChI=1S/C20H12N4O6S/c25-20(10-7-16-6-9-19(31-16)24(28)29)30-15-4-1-13(2-5-15)17-12-22-11-14(23(26)27)3-8-18(22)21-17/h1-12H/b10-7+. The molecule has 0 spiro atoms. The smallest absolute Gasteiger partial charge is 0.336 e. The van der Waals surface area contributed by atoms with Gasteiger partial charge in [-0.15, -0.1) is 0 Å². The van der Waals surface area contributed by atoms with Gasteiger partial charge in [-0.3, -0.25) is 24.6 Å². The molecule has 0 atom stereocenters. The average Bonchev–Trinajstić information content (AvgIpc) is 3.39. The molecule has 154 valence electrons. The van der Waals surface area contributed by atoms with Gasteiger partial charge >= 0.3 is 11.0 Å². The van der Waals surface area contributed by atoms with E-state index < -0.39 is 15.8 Å². The van der Waals surface area contributed by atoms with Crippen molar-refractivity contribution in [3.05, 3.63) is 92.1 Å². The Morgan fingerprint density at radius 3 is 2.45 bits per heavy atom. The Bertz CT molecular complexity index is 1340. The number of ether oxygens (including phenoxy) is 1. The first-order chi connectivity index (χ1) is 14.9. The number of nitro groups is 2. The number of nitrogens with zero attached hydrogens (tertiary/aromatic N) is 4. The third-order valence-electron chi connectivity index (χ3n) is 4.19. The fourth-order valence-corrected chi connectivity index (χ4v) is 3.48. The van der Waals surface area contributed by atoms with Gasteiger partial charge in [0.05, 0.1) is 21.7 Å². The maximum atomic E-state index is 12.0. The Morgan fingerprint density at radius 2 is 1.77 bits per heavy atom. The molecule has 4 aromatic rings. The quantitative estimate of drug-likeness (QED) is 0.143. The lowest BCUT2D eigenvalue weighted by Crippen LogP contribution is -2.03. The van der Waals surface area contributed by atoms with Crippen LogP contribution >= 0.6 is 11.3 Å². The van der Waals surface area contributed by atoms with Crippen molar-refractivity contribution >= 4 is 39.7 Å². The van der Waals surface area contributed by atoms with Gasteiger partial charge in [0.25, 0.3) is 5.69 Å². The van der Waals surface area contributed by atoms with Crippen LogP contribution in [0, 0.1) is 20.2 Å². The molecule has 0 aliphatic rings. The van der Waals surface area contributed by atoms with Gasteiger partial charge in [0.1, 0.15) is 11.4 Å². The summed E-state index contributed by atoms with van der Waals surface area (Å²) in [4.78, 5) is 37.6. The molecule has 1 aromatic carbocycles. The van der Waals surface area contributed by atoms with Gasteiger partial charge in [-0.2, -0.15) is 0 Å². The highest BCUT2D eigenvalue weighted by molar-refractivity contribution is 7.16. The van der Waals surface area contributed by atoms with Crippen molar-refractivity contribution in [2.45, 2.75) is 0 Å². The van der Waals surface area contributed by atoms with Crippen LogP contribution in [0.5, 0.6) is 5.75 Å². The number of rotatable bonds is 6. The number of pyridine rings is 1. The average molecular weight is 436 g/mol. The summed E-state index contributed by atoms with van der Waals surface area (Å²) in [7, 11) is 0. The van der Waals surface area contributed by atoms with Gasteiger partial charge in [-0.25, -0.2) is 9.78 Å². The van der Waals surface area contributed by atoms with Crippen molar-refractivity contribution in [3.8, 4) is 17.0 Å². The lowest BCUT2D eigenvalue weighted by Gasteiger charge is -2.02. The molecule has 0 aliphatic carbocycles. The lowest BCUT2D eigenvalue weighted by molar-refractivity contribution is -0.385. The first-order valence-corrected chi connectivity index (χ1v) is 9.58. The van der Waals surface area contributed by atoms with E-state index in [0.29, 0.717) is 22.0 Å². The highest BCUT2D eigenvalue weighted by atomic mass is 32.1. The number of aromatic nitrogens is 2. The highest BCUT2D eigenvalue weighted by Crippen LogP contribution is 2.26. The molecule has 0 amide bonds. The van der Waals surface area contributed by atoms with Crippen LogP contribution in [0.25, 0.3) is 23.0 Å². The molecule has 0 aliphatic heterocycles. The summed E-state index contributed by atoms with van der Waals surface area (Å²) >= 11 is 0.953. The van der Waals surface area contributed by atoms with Gasteiger partial charge in [0, 0.05) is 34.8 Å². The zero-order valence-corrected chi connectivity index (χ0v) is 16.4. The fourth-order valence-electron chi connectivity index (χ4n) is 2.75. The molecule has 3 aromatic heterocycles. The molecule has 10 nitrogen and oxygen atoms in total. The minimum atomic E-state index is -0.621. The van der Waals surface area contributed by atoms with Crippen molar-refractivity contribution in [3.63, 3.8) is 0 Å². The molecule has 31 heavy (non-hydrogen) atoms. The van der Waals surface area contributed by atoms with Crippen molar-refractivity contribution < 1.29 is 19.4 Å². The fraction of sp³-hybridized carbons (Fsp3) is 0. The van der Waals surface area contributed by atoms with E-state index in [1.807, 2.05) is 0 Å². The summed E-state index contributed by atoms with van der Waals surface area (Å²) in [5, 5.41) is 21.6. The molecular formula is C20H12N4O6S. The second kappa shape index (κ2) is 8.16. The third kappa shape index (κ3) is 4.46. The molecule has 11 heteroatoms. The van der Waals surface area contributed by atoms with Gasteiger partial charge in [-0.05, 0) is 42.5 Å². The second-order valence-electron chi connectivity index (χ2n) is 6.25. The van der Waals surface area contributed by atoms with E-state index in [1.165, 1.54) is 30.5 Å². The summed E-state index contributed by atoms with van der Waals surface area (Å²) in [6.07, 6.45) is 5.70.